The van der Waals surface area contributed by atoms with Gasteiger partial charge < -0.3 is 19.3 Å². The molecule has 1 N–H and O–H groups in total. The minimum Gasteiger partial charge on any atom is -0.472 e. The molecule has 4 aliphatic rings. The van der Waals surface area contributed by atoms with Crippen molar-refractivity contribution in [1.29, 1.82) is 0 Å². The van der Waals surface area contributed by atoms with Crippen molar-refractivity contribution in [3.05, 3.63) is 28.9 Å². The van der Waals surface area contributed by atoms with Crippen molar-refractivity contribution >= 4 is 39.5 Å². The summed E-state index contributed by atoms with van der Waals surface area (Å²) in [4.78, 5) is 24.2. The molecule has 3 aliphatic heterocycles. The third-order valence-electron chi connectivity index (χ3n) is 8.09. The second-order valence-corrected chi connectivity index (χ2v) is 10.3. The van der Waals surface area contributed by atoms with E-state index in [9.17, 15) is 9.90 Å². The van der Waals surface area contributed by atoms with Gasteiger partial charge in [-0.25, -0.2) is 19.2 Å². The summed E-state index contributed by atoms with van der Waals surface area (Å²) in [6, 6.07) is 2.16. The van der Waals surface area contributed by atoms with Crippen molar-refractivity contribution in [3.8, 4) is 5.88 Å². The van der Waals surface area contributed by atoms with Gasteiger partial charge in [0.25, 0.3) is 0 Å². The number of carbonyl (C=O) groups is 1. The fourth-order valence-electron chi connectivity index (χ4n) is 6.44. The molecule has 1 amide bonds. The zero-order chi connectivity index (χ0) is 23.9. The minimum absolute atomic E-state index is 0.0100. The molecule has 34 heavy (non-hydrogen) atoms. The second-order valence-electron chi connectivity index (χ2n) is 9.96. The lowest BCUT2D eigenvalue weighted by molar-refractivity contribution is 0.118. The summed E-state index contributed by atoms with van der Waals surface area (Å²) in [5.41, 5.74) is 1.86. The molecule has 180 valence electrons. The molecule has 0 spiro atoms. The molecule has 3 unspecified atom stereocenters. The molecule has 5 atom stereocenters. The molecule has 0 aromatic carbocycles. The number of fused-ring (bicyclic) bond motifs is 4. The summed E-state index contributed by atoms with van der Waals surface area (Å²) in [7, 11) is 2.09. The fraction of sp³-hybridized carbons (Fsp3) is 0.542. The molecule has 3 aromatic rings. The Morgan fingerprint density at radius 3 is 2.85 bits per heavy atom. The molecule has 3 saturated heterocycles. The Labute approximate surface area is 201 Å². The zero-order valence-corrected chi connectivity index (χ0v) is 20.1. The van der Waals surface area contributed by atoms with Gasteiger partial charge in [-0.05, 0) is 52.8 Å². The van der Waals surface area contributed by atoms with Crippen LogP contribution in [0.4, 0.5) is 9.18 Å². The van der Waals surface area contributed by atoms with Crippen LogP contribution in [0, 0.1) is 18.7 Å². The van der Waals surface area contributed by atoms with Crippen molar-refractivity contribution in [2.75, 3.05) is 20.1 Å². The maximum atomic E-state index is 15.2. The molecule has 10 heteroatoms. The summed E-state index contributed by atoms with van der Waals surface area (Å²) in [5.74, 6) is -0.0788. The number of halogens is 2. The number of nitrogens with zero attached hydrogens (tertiary/aromatic N) is 5. The van der Waals surface area contributed by atoms with E-state index in [-0.39, 0.29) is 40.8 Å². The molecule has 7 rings (SSSR count). The number of hydrogen-bond donors (Lipinski definition) is 1. The fourth-order valence-corrected chi connectivity index (χ4v) is 6.58. The van der Waals surface area contributed by atoms with Crippen LogP contribution in [0.25, 0.3) is 21.8 Å². The SMILES string of the molecule is Cc1cc2c(O[C@@H](C)[C@@H]3CCCN3C)nc3c(F)c(Cl)ncc3c2n1C1C2CC1N(C(=O)O)C2. The topological polar surface area (TPSA) is 83.7 Å². The number of pyridine rings is 2. The van der Waals surface area contributed by atoms with E-state index in [1.165, 1.54) is 4.90 Å². The third-order valence-corrected chi connectivity index (χ3v) is 8.36. The van der Waals surface area contributed by atoms with Crippen LogP contribution in [0.15, 0.2) is 12.3 Å². The van der Waals surface area contributed by atoms with E-state index in [0.717, 1.165) is 42.4 Å². The quantitative estimate of drug-likeness (QED) is 0.547. The molecule has 8 nitrogen and oxygen atoms in total. The number of aromatic nitrogens is 3. The van der Waals surface area contributed by atoms with Crippen molar-refractivity contribution in [3.63, 3.8) is 0 Å². The first-order chi connectivity index (χ1) is 16.3. The van der Waals surface area contributed by atoms with Gasteiger partial charge in [-0.3, -0.25) is 4.90 Å². The Hall–Kier alpha value is -2.65. The van der Waals surface area contributed by atoms with Crippen LogP contribution < -0.4 is 4.74 Å². The predicted molar refractivity (Wildman–Crippen MR) is 126 cm³/mol. The first-order valence-corrected chi connectivity index (χ1v) is 12.2. The van der Waals surface area contributed by atoms with Gasteiger partial charge in [0.1, 0.15) is 11.6 Å². The van der Waals surface area contributed by atoms with E-state index in [2.05, 4.69) is 26.5 Å². The smallest absolute Gasteiger partial charge is 0.407 e. The number of hydrogen-bond acceptors (Lipinski definition) is 5. The molecule has 6 heterocycles. The molecule has 4 fully saturated rings. The van der Waals surface area contributed by atoms with Crippen molar-refractivity contribution in [2.24, 2.45) is 5.92 Å². The number of amides is 1. The Bertz CT molecular complexity index is 1330. The maximum absolute atomic E-state index is 15.2. The van der Waals surface area contributed by atoms with E-state index >= 15 is 4.39 Å². The Morgan fingerprint density at radius 1 is 1.38 bits per heavy atom. The Morgan fingerprint density at radius 2 is 2.18 bits per heavy atom. The summed E-state index contributed by atoms with van der Waals surface area (Å²) in [6.07, 6.45) is 3.52. The maximum Gasteiger partial charge on any atom is 0.407 e. The summed E-state index contributed by atoms with van der Waals surface area (Å²) in [6.45, 7) is 5.56. The van der Waals surface area contributed by atoms with E-state index in [1.54, 1.807) is 6.20 Å². The number of ether oxygens (including phenoxy) is 1. The molecular formula is C24H27ClFN5O3. The second kappa shape index (κ2) is 7.68. The number of carboxylic acid groups (broad SMARTS) is 1. The van der Waals surface area contributed by atoms with Gasteiger partial charge in [-0.15, -0.1) is 0 Å². The van der Waals surface area contributed by atoms with Crippen LogP contribution in [-0.2, 0) is 0 Å². The van der Waals surface area contributed by atoms with Gasteiger partial charge in [0, 0.05) is 35.8 Å². The molecule has 1 saturated carbocycles. The number of likely N-dealkylation sites (tertiary alicyclic amines) is 1. The van der Waals surface area contributed by atoms with Gasteiger partial charge in [0.2, 0.25) is 5.88 Å². The molecule has 3 aromatic heterocycles. The van der Waals surface area contributed by atoms with E-state index in [1.807, 2.05) is 19.9 Å². The van der Waals surface area contributed by atoms with Crippen LogP contribution in [0.5, 0.6) is 5.88 Å². The van der Waals surface area contributed by atoms with Crippen LogP contribution in [-0.4, -0.2) is 73.9 Å². The highest BCUT2D eigenvalue weighted by Gasteiger charge is 2.55. The number of rotatable bonds is 4. The number of likely N-dealkylation sites (N-methyl/N-ethyl adjacent to an activating group) is 1. The lowest BCUT2D eigenvalue weighted by atomic mass is 9.79. The van der Waals surface area contributed by atoms with Crippen LogP contribution in [0.3, 0.4) is 0 Å². The zero-order valence-electron chi connectivity index (χ0n) is 19.3. The number of aryl methyl sites for hydroxylation is 1. The summed E-state index contributed by atoms with van der Waals surface area (Å²) in [5, 5.41) is 10.7. The monoisotopic (exact) mass is 487 g/mol. The van der Waals surface area contributed by atoms with Gasteiger partial charge >= 0.3 is 6.09 Å². The Balaban J connectivity index is 1.53. The van der Waals surface area contributed by atoms with Gasteiger partial charge in [-0.2, -0.15) is 0 Å². The van der Waals surface area contributed by atoms with Gasteiger partial charge in [0.05, 0.1) is 23.0 Å². The predicted octanol–water partition coefficient (Wildman–Crippen LogP) is 4.47. The normalized spacial score (nSPS) is 27.5. The average Bonchev–Trinajstić information content (AvgIpc) is 3.55. The molecule has 0 radical (unpaired) electrons. The largest absolute Gasteiger partial charge is 0.472 e. The lowest BCUT2D eigenvalue weighted by Crippen LogP contribution is -2.42. The highest BCUT2D eigenvalue weighted by atomic mass is 35.5. The van der Waals surface area contributed by atoms with Gasteiger partial charge in [-0.1, -0.05) is 11.6 Å². The highest BCUT2D eigenvalue weighted by molar-refractivity contribution is 6.30. The molecule has 1 aliphatic carbocycles. The third kappa shape index (κ3) is 3.02. The first kappa shape index (κ1) is 21.9. The molecular weight excluding hydrogens is 461 g/mol. The van der Waals surface area contributed by atoms with Crippen molar-refractivity contribution < 1.29 is 19.0 Å². The average molecular weight is 488 g/mol. The van der Waals surface area contributed by atoms with E-state index < -0.39 is 11.9 Å². The summed E-state index contributed by atoms with van der Waals surface area (Å²) >= 11 is 6.02. The minimum atomic E-state index is -0.895. The summed E-state index contributed by atoms with van der Waals surface area (Å²) < 4.78 is 23.7. The highest BCUT2D eigenvalue weighted by Crippen LogP contribution is 2.52. The standard InChI is InChI=1S/C24H27ClFN5O3/c1-11-7-14-21(31(11)20-13-8-17(20)30(10-13)24(32)33)15-9-27-22(25)18(26)19(15)28-23(14)34-12(2)16-5-4-6-29(16)3/h7,9,12-13,16-17,20H,4-6,8,10H2,1-3H3,(H,32,33)/t12-,13?,16-,17?,20?/m0/s1. The van der Waals surface area contributed by atoms with Crippen molar-refractivity contribution in [1.82, 2.24) is 24.3 Å². The van der Waals surface area contributed by atoms with Crippen LogP contribution in [0.1, 0.15) is 37.9 Å². The van der Waals surface area contributed by atoms with Crippen LogP contribution >= 0.6 is 11.6 Å². The van der Waals surface area contributed by atoms with Crippen LogP contribution in [0.2, 0.25) is 5.15 Å². The van der Waals surface area contributed by atoms with Crippen molar-refractivity contribution in [2.45, 2.75) is 57.3 Å². The Kier molecular flexibility index (Phi) is 4.94. The van der Waals surface area contributed by atoms with E-state index in [4.69, 9.17) is 16.3 Å². The van der Waals surface area contributed by atoms with Gasteiger partial charge in [0.15, 0.2) is 11.0 Å². The van der Waals surface area contributed by atoms with E-state index in [0.29, 0.717) is 17.8 Å². The first-order valence-electron chi connectivity index (χ1n) is 11.8. The lowest BCUT2D eigenvalue weighted by Gasteiger charge is -2.38. The molecule has 2 bridgehead atoms.